The highest BCUT2D eigenvalue weighted by Crippen LogP contribution is 2.25. The van der Waals surface area contributed by atoms with Crippen molar-refractivity contribution in [3.8, 4) is 0 Å². The standard InChI is InChI=1S/C19H23N3O5S/c23-18(14-20-12-4-5-13-20)15-21(16-6-2-1-3-7-16)28(26,27)19-10-8-17(9-11-19)22(24)25/h1-3,6-11,18,23H,4-5,12-15H2/t18-/m0/s1. The maximum atomic E-state index is 13.2. The predicted molar refractivity (Wildman–Crippen MR) is 106 cm³/mol. The first-order chi connectivity index (χ1) is 13.4. The number of benzene rings is 2. The van der Waals surface area contributed by atoms with Gasteiger partial charge in [-0.1, -0.05) is 18.2 Å². The number of nitro benzene ring substituents is 1. The van der Waals surface area contributed by atoms with Crippen molar-refractivity contribution in [1.82, 2.24) is 4.90 Å². The maximum absolute atomic E-state index is 13.2. The molecule has 0 bridgehead atoms. The number of anilines is 1. The number of hydrogen-bond acceptors (Lipinski definition) is 6. The zero-order valence-corrected chi connectivity index (χ0v) is 16.2. The zero-order valence-electron chi connectivity index (χ0n) is 15.3. The van der Waals surface area contributed by atoms with E-state index in [1.807, 2.05) is 0 Å². The lowest BCUT2D eigenvalue weighted by Gasteiger charge is -2.28. The summed E-state index contributed by atoms with van der Waals surface area (Å²) in [5, 5.41) is 21.4. The van der Waals surface area contributed by atoms with E-state index in [1.165, 1.54) is 12.1 Å². The molecule has 8 nitrogen and oxygen atoms in total. The molecule has 28 heavy (non-hydrogen) atoms. The van der Waals surface area contributed by atoms with E-state index in [2.05, 4.69) is 4.90 Å². The lowest BCUT2D eigenvalue weighted by Crippen LogP contribution is -2.42. The molecule has 0 aromatic heterocycles. The summed E-state index contributed by atoms with van der Waals surface area (Å²) in [6.07, 6.45) is 1.30. The fraction of sp³-hybridized carbons (Fsp3) is 0.368. The van der Waals surface area contributed by atoms with Crippen molar-refractivity contribution in [2.24, 2.45) is 0 Å². The van der Waals surface area contributed by atoms with Gasteiger partial charge in [0.25, 0.3) is 15.7 Å². The number of non-ortho nitro benzene ring substituents is 1. The van der Waals surface area contributed by atoms with Crippen LogP contribution in [-0.2, 0) is 10.0 Å². The van der Waals surface area contributed by atoms with E-state index in [1.54, 1.807) is 30.3 Å². The molecular weight excluding hydrogens is 382 g/mol. The number of nitrogens with zero attached hydrogens (tertiary/aromatic N) is 3. The Morgan fingerprint density at radius 2 is 1.68 bits per heavy atom. The van der Waals surface area contributed by atoms with Gasteiger partial charge in [-0.3, -0.25) is 14.4 Å². The molecule has 0 spiro atoms. The van der Waals surface area contributed by atoms with Crippen molar-refractivity contribution >= 4 is 21.4 Å². The third kappa shape index (κ3) is 4.67. The largest absolute Gasteiger partial charge is 0.390 e. The van der Waals surface area contributed by atoms with Gasteiger partial charge < -0.3 is 10.0 Å². The molecule has 1 atom stereocenters. The Morgan fingerprint density at radius 3 is 2.25 bits per heavy atom. The first-order valence-corrected chi connectivity index (χ1v) is 10.5. The average molecular weight is 405 g/mol. The molecule has 1 fully saturated rings. The summed E-state index contributed by atoms with van der Waals surface area (Å²) >= 11 is 0. The number of para-hydroxylation sites is 1. The van der Waals surface area contributed by atoms with E-state index in [0.29, 0.717) is 12.2 Å². The van der Waals surface area contributed by atoms with Crippen LogP contribution in [0.4, 0.5) is 11.4 Å². The van der Waals surface area contributed by atoms with E-state index in [0.717, 1.165) is 42.4 Å². The van der Waals surface area contributed by atoms with Gasteiger partial charge >= 0.3 is 0 Å². The Kier molecular flexibility index (Phi) is 6.28. The molecule has 1 heterocycles. The van der Waals surface area contributed by atoms with Gasteiger partial charge in [-0.25, -0.2) is 8.42 Å². The van der Waals surface area contributed by atoms with Crippen LogP contribution < -0.4 is 4.31 Å². The summed E-state index contributed by atoms with van der Waals surface area (Å²) in [4.78, 5) is 12.3. The molecule has 0 aliphatic carbocycles. The molecule has 2 aromatic rings. The molecule has 3 rings (SSSR count). The fourth-order valence-electron chi connectivity index (χ4n) is 3.32. The molecular formula is C19H23N3O5S. The molecule has 150 valence electrons. The Hall–Kier alpha value is -2.49. The van der Waals surface area contributed by atoms with Crippen LogP contribution in [0.1, 0.15) is 12.8 Å². The molecule has 0 saturated carbocycles. The summed E-state index contributed by atoms with van der Waals surface area (Å²) in [5.41, 5.74) is 0.251. The van der Waals surface area contributed by atoms with Crippen molar-refractivity contribution in [2.75, 3.05) is 30.5 Å². The minimum absolute atomic E-state index is 0.0599. The topological polar surface area (TPSA) is 104 Å². The van der Waals surface area contributed by atoms with Crippen molar-refractivity contribution in [3.05, 3.63) is 64.7 Å². The van der Waals surface area contributed by atoms with Gasteiger partial charge in [0.1, 0.15) is 0 Å². The fourth-order valence-corrected chi connectivity index (χ4v) is 4.82. The molecule has 1 aliphatic rings. The molecule has 0 radical (unpaired) electrons. The summed E-state index contributed by atoms with van der Waals surface area (Å²) in [6.45, 7) is 2.11. The van der Waals surface area contributed by atoms with Crippen LogP contribution in [0.2, 0.25) is 0 Å². The van der Waals surface area contributed by atoms with Crippen LogP contribution in [0.15, 0.2) is 59.5 Å². The summed E-state index contributed by atoms with van der Waals surface area (Å²) in [6, 6.07) is 13.3. The van der Waals surface area contributed by atoms with Crippen LogP contribution in [0.5, 0.6) is 0 Å². The SMILES string of the molecule is O=[N+]([O-])c1ccc(S(=O)(=O)N(C[C@@H](O)CN2CCCC2)c2ccccc2)cc1. The van der Waals surface area contributed by atoms with E-state index in [-0.39, 0.29) is 17.1 Å². The second-order valence-corrected chi connectivity index (χ2v) is 8.65. The highest BCUT2D eigenvalue weighted by atomic mass is 32.2. The number of likely N-dealkylation sites (tertiary alicyclic amines) is 1. The number of sulfonamides is 1. The molecule has 9 heteroatoms. The summed E-state index contributed by atoms with van der Waals surface area (Å²) < 4.78 is 27.6. The smallest absolute Gasteiger partial charge is 0.269 e. The average Bonchev–Trinajstić information content (AvgIpc) is 3.19. The Morgan fingerprint density at radius 1 is 1.07 bits per heavy atom. The Balaban J connectivity index is 1.87. The minimum Gasteiger partial charge on any atom is -0.390 e. The van der Waals surface area contributed by atoms with Crippen LogP contribution >= 0.6 is 0 Å². The second-order valence-electron chi connectivity index (χ2n) is 6.78. The molecule has 2 aromatic carbocycles. The third-order valence-corrected chi connectivity index (χ3v) is 6.53. The minimum atomic E-state index is -3.99. The van der Waals surface area contributed by atoms with E-state index >= 15 is 0 Å². The van der Waals surface area contributed by atoms with Crippen LogP contribution in [0.25, 0.3) is 0 Å². The van der Waals surface area contributed by atoms with E-state index in [9.17, 15) is 23.6 Å². The number of hydrogen-bond donors (Lipinski definition) is 1. The van der Waals surface area contributed by atoms with E-state index in [4.69, 9.17) is 0 Å². The van der Waals surface area contributed by atoms with Gasteiger partial charge in [-0.15, -0.1) is 0 Å². The van der Waals surface area contributed by atoms with Gasteiger partial charge in [0.2, 0.25) is 0 Å². The van der Waals surface area contributed by atoms with Gasteiger partial charge in [0, 0.05) is 18.7 Å². The van der Waals surface area contributed by atoms with Crippen LogP contribution in [0, 0.1) is 10.1 Å². The zero-order chi connectivity index (χ0) is 20.1. The normalized spacial score (nSPS) is 16.0. The highest BCUT2D eigenvalue weighted by molar-refractivity contribution is 7.92. The monoisotopic (exact) mass is 405 g/mol. The number of nitro groups is 1. The van der Waals surface area contributed by atoms with Gasteiger partial charge in [0.15, 0.2) is 0 Å². The molecule has 1 saturated heterocycles. The first-order valence-electron chi connectivity index (χ1n) is 9.10. The second kappa shape index (κ2) is 8.68. The maximum Gasteiger partial charge on any atom is 0.269 e. The van der Waals surface area contributed by atoms with Crippen LogP contribution in [-0.4, -0.2) is 55.6 Å². The Labute approximate surface area is 164 Å². The molecule has 0 unspecified atom stereocenters. The van der Waals surface area contributed by atoms with Gasteiger partial charge in [0.05, 0.1) is 28.2 Å². The third-order valence-electron chi connectivity index (χ3n) is 4.72. The molecule has 0 amide bonds. The first kappa shape index (κ1) is 20.2. The van der Waals surface area contributed by atoms with Crippen LogP contribution in [0.3, 0.4) is 0 Å². The van der Waals surface area contributed by atoms with Crippen molar-refractivity contribution in [2.45, 2.75) is 23.8 Å². The van der Waals surface area contributed by atoms with Crippen molar-refractivity contribution < 1.29 is 18.4 Å². The number of aliphatic hydroxyl groups excluding tert-OH is 1. The highest BCUT2D eigenvalue weighted by Gasteiger charge is 2.28. The lowest BCUT2D eigenvalue weighted by atomic mass is 10.3. The van der Waals surface area contributed by atoms with Crippen molar-refractivity contribution in [1.29, 1.82) is 0 Å². The van der Waals surface area contributed by atoms with Crippen molar-refractivity contribution in [3.63, 3.8) is 0 Å². The summed E-state index contributed by atoms with van der Waals surface area (Å²) in [5.74, 6) is 0. The predicted octanol–water partition coefficient (Wildman–Crippen LogP) is 2.25. The number of aliphatic hydroxyl groups is 1. The molecule has 1 N–H and O–H groups in total. The Bertz CT molecular complexity index is 897. The quantitative estimate of drug-likeness (QED) is 0.534. The lowest BCUT2D eigenvalue weighted by molar-refractivity contribution is -0.384. The number of rotatable bonds is 8. The van der Waals surface area contributed by atoms with E-state index < -0.39 is 21.1 Å². The van der Waals surface area contributed by atoms with Gasteiger partial charge in [-0.2, -0.15) is 0 Å². The number of β-amino-alcohol motifs (C(OH)–C–C–N with tert-alkyl or cyclic N) is 1. The molecule has 1 aliphatic heterocycles. The van der Waals surface area contributed by atoms with Gasteiger partial charge in [-0.05, 0) is 50.2 Å². The summed E-state index contributed by atoms with van der Waals surface area (Å²) in [7, 11) is -3.99.